The number of ketones is 3. The molecule has 394 valence electrons. The smallest absolute Gasteiger partial charge is 0.329 e. The number of allylic oxidation sites excluding steroid dienone is 7. The van der Waals surface area contributed by atoms with Gasteiger partial charge in [0.25, 0.3) is 0 Å². The highest BCUT2D eigenvalue weighted by molar-refractivity contribution is 6.00. The van der Waals surface area contributed by atoms with Gasteiger partial charge < -0.3 is 49.0 Å². The number of esters is 1. The van der Waals surface area contributed by atoms with Gasteiger partial charge in [-0.3, -0.25) is 14.4 Å². The number of cyclic esters (lactones) is 1. The Bertz CT molecular complexity index is 1720. The Morgan fingerprint density at radius 2 is 1.55 bits per heavy atom. The number of carbonyl (C=O) groups is 4. The summed E-state index contributed by atoms with van der Waals surface area (Å²) >= 11 is 0. The van der Waals surface area contributed by atoms with Crippen LogP contribution in [0.5, 0.6) is 0 Å². The quantitative estimate of drug-likeness (QED) is 0.114. The van der Waals surface area contributed by atoms with E-state index >= 15 is 0 Å². The highest BCUT2D eigenvalue weighted by atomic mass is 16.6. The van der Waals surface area contributed by atoms with Gasteiger partial charge in [-0.15, -0.1) is 0 Å². The van der Waals surface area contributed by atoms with Crippen molar-refractivity contribution in [2.45, 2.75) is 181 Å². The van der Waals surface area contributed by atoms with Gasteiger partial charge >= 0.3 is 5.97 Å². The van der Waals surface area contributed by atoms with E-state index in [0.717, 1.165) is 50.5 Å². The minimum atomic E-state index is -2.09. The van der Waals surface area contributed by atoms with Gasteiger partial charge in [0.05, 0.1) is 31.1 Å². The van der Waals surface area contributed by atoms with Crippen LogP contribution in [0, 0.1) is 35.5 Å². The molecular formula is C55H91NO13. The summed E-state index contributed by atoms with van der Waals surface area (Å²) in [5, 5.41) is 38.6. The third-order valence-electron chi connectivity index (χ3n) is 14.2. The lowest BCUT2D eigenvalue weighted by Crippen LogP contribution is -2.56. The van der Waals surface area contributed by atoms with Crippen molar-refractivity contribution in [3.63, 3.8) is 0 Å². The van der Waals surface area contributed by atoms with Gasteiger partial charge in [-0.05, 0) is 108 Å². The Morgan fingerprint density at radius 3 is 2.19 bits per heavy atom. The first-order valence-corrected chi connectivity index (χ1v) is 25.4. The minimum Gasteiger partial charge on any atom is -0.460 e. The number of rotatable bonds is 6. The van der Waals surface area contributed by atoms with E-state index in [0.29, 0.717) is 56.6 Å². The monoisotopic (exact) mass is 974 g/mol. The summed E-state index contributed by atoms with van der Waals surface area (Å²) in [6.07, 6.45) is 18.1. The zero-order valence-electron chi connectivity index (χ0n) is 44.0. The molecule has 1 saturated carbocycles. The second-order valence-corrected chi connectivity index (χ2v) is 20.1. The molecule has 0 aromatic carbocycles. The van der Waals surface area contributed by atoms with Gasteiger partial charge in [0.1, 0.15) is 30.1 Å². The summed E-state index contributed by atoms with van der Waals surface area (Å²) < 4.78 is 28.2. The first-order valence-electron chi connectivity index (χ1n) is 25.4. The fraction of sp³-hybridized carbons (Fsp3) is 0.745. The number of aliphatic hydroxyl groups is 4. The van der Waals surface area contributed by atoms with Crippen LogP contribution in [0.15, 0.2) is 59.9 Å². The predicted molar refractivity (Wildman–Crippen MR) is 269 cm³/mol. The molecule has 7 unspecified atom stereocenters. The summed E-state index contributed by atoms with van der Waals surface area (Å²) in [7, 11) is 6.40. The Balaban J connectivity index is 0.00000218. The molecule has 0 aromatic rings. The molecule has 0 radical (unpaired) electrons. The number of hydrogen-bond donors (Lipinski definition) is 4. The molecule has 2 saturated heterocycles. The van der Waals surface area contributed by atoms with Gasteiger partial charge in [0.15, 0.2) is 5.78 Å². The molecule has 14 heteroatoms. The highest BCUT2D eigenvalue weighted by Crippen LogP contribution is 2.39. The molecule has 2 bridgehead atoms. The second-order valence-electron chi connectivity index (χ2n) is 20.1. The topological polar surface area (TPSA) is 199 Å². The third-order valence-corrected chi connectivity index (χ3v) is 14.2. The first-order chi connectivity index (χ1) is 32.7. The van der Waals surface area contributed by atoms with Crippen LogP contribution in [0.2, 0.25) is 0 Å². The number of fused-ring (bicyclic) bond motifs is 3. The van der Waals surface area contributed by atoms with Crippen LogP contribution in [-0.4, -0.2) is 139 Å². The zero-order chi connectivity index (χ0) is 51.8. The van der Waals surface area contributed by atoms with Gasteiger partial charge in [0.2, 0.25) is 11.6 Å². The van der Waals surface area contributed by atoms with Gasteiger partial charge in [0, 0.05) is 59.2 Å². The van der Waals surface area contributed by atoms with E-state index in [4.69, 9.17) is 29.2 Å². The maximum absolute atomic E-state index is 14.4. The minimum absolute atomic E-state index is 0.0257. The van der Waals surface area contributed by atoms with Crippen LogP contribution >= 0.6 is 0 Å². The number of Topliss-reactive ketones (excluding diaryl/α,β-unsaturated/α-hetero) is 3. The molecule has 4 N–H and O–H groups in total. The van der Waals surface area contributed by atoms with Crippen LogP contribution in [0.1, 0.15) is 138 Å². The second kappa shape index (κ2) is 31.9. The standard InChI is InChI=1S/C51H79NO10.C2H6O2.C2H6O/c1-32-17-12-11-13-18-33(2)27-36(5)46(54)48(60-10)47(55)37(6)28-34(3)44(53)31-45(35(4)29-40-19-16-20-42(30-40)59-9)61-50(57)43-21-14-15-26-52(43)39(8)49(56)51(58)38(7)23-25-41(62-51)24-22-32;3-1-2-4;1-3-2/h11-13,17-18,28,33-36,38,40-43,45,47-48,55,58H,8,14-16,19-27,29-31H2,1-7,9-10H3;3-4H,1-2H2;1-2H3/b12-11+,18-13+,32-17+,37-28+;;/t33-,34-,35+,36?,38?,40?,41-,42?,43?,45+,47?,48+,51?;;/m1../s1. The third kappa shape index (κ3) is 19.7. The van der Waals surface area contributed by atoms with Crippen molar-refractivity contribution >= 4 is 23.3 Å². The number of carbonyl (C=O) groups excluding carboxylic acids is 4. The Kier molecular flexibility index (Phi) is 28.5. The van der Waals surface area contributed by atoms with Gasteiger partial charge in [-0.1, -0.05) is 96.1 Å². The highest BCUT2D eigenvalue weighted by Gasteiger charge is 2.50. The average molecular weight is 974 g/mol. The van der Waals surface area contributed by atoms with E-state index in [1.54, 1.807) is 46.2 Å². The Hall–Kier alpha value is -3.34. The van der Waals surface area contributed by atoms with Crippen LogP contribution in [0.25, 0.3) is 0 Å². The largest absolute Gasteiger partial charge is 0.460 e. The van der Waals surface area contributed by atoms with Crippen LogP contribution in [0.4, 0.5) is 0 Å². The lowest BCUT2D eigenvalue weighted by Gasteiger charge is -2.44. The van der Waals surface area contributed by atoms with Crippen LogP contribution in [0.3, 0.4) is 0 Å². The number of hydrogen-bond acceptors (Lipinski definition) is 14. The van der Waals surface area contributed by atoms with Crippen molar-refractivity contribution in [1.29, 1.82) is 0 Å². The van der Waals surface area contributed by atoms with Crippen LogP contribution in [-0.2, 0) is 42.9 Å². The lowest BCUT2D eigenvalue weighted by atomic mass is 9.79. The lowest BCUT2D eigenvalue weighted by molar-refractivity contribution is -0.262. The van der Waals surface area contributed by atoms with Crippen molar-refractivity contribution in [2.75, 3.05) is 48.2 Å². The molecule has 1 aliphatic carbocycles. The first kappa shape index (κ1) is 61.8. The normalized spacial score (nSPS) is 36.1. The molecule has 3 heterocycles. The summed E-state index contributed by atoms with van der Waals surface area (Å²) in [6, 6.07) is -0.828. The Labute approximate surface area is 414 Å². The summed E-state index contributed by atoms with van der Waals surface area (Å²) in [5.41, 5.74) is 1.60. The molecule has 4 rings (SSSR count). The molecule has 13 atom stereocenters. The number of piperidine rings is 1. The predicted octanol–water partition coefficient (Wildman–Crippen LogP) is 7.81. The van der Waals surface area contributed by atoms with Gasteiger partial charge in [-0.2, -0.15) is 0 Å². The number of nitrogens with zero attached hydrogens (tertiary/aromatic N) is 1. The van der Waals surface area contributed by atoms with Crippen molar-refractivity contribution in [2.24, 2.45) is 35.5 Å². The molecule has 0 spiro atoms. The summed E-state index contributed by atoms with van der Waals surface area (Å²) in [5.74, 6) is -4.90. The maximum Gasteiger partial charge on any atom is 0.329 e. The fourth-order valence-corrected chi connectivity index (χ4v) is 9.96. The van der Waals surface area contributed by atoms with Crippen molar-refractivity contribution in [1.82, 2.24) is 4.90 Å². The fourth-order valence-electron chi connectivity index (χ4n) is 9.96. The van der Waals surface area contributed by atoms with Crippen molar-refractivity contribution < 1.29 is 63.3 Å². The maximum atomic E-state index is 14.4. The molecule has 4 aliphatic rings. The van der Waals surface area contributed by atoms with Gasteiger partial charge in [-0.25, -0.2) is 4.79 Å². The van der Waals surface area contributed by atoms with E-state index in [2.05, 4.69) is 11.3 Å². The Morgan fingerprint density at radius 1 is 0.870 bits per heavy atom. The molecular weight excluding hydrogens is 883 g/mol. The summed E-state index contributed by atoms with van der Waals surface area (Å²) in [6.45, 7) is 17.5. The molecule has 0 amide bonds. The summed E-state index contributed by atoms with van der Waals surface area (Å²) in [4.78, 5) is 58.2. The molecule has 0 aromatic heterocycles. The van der Waals surface area contributed by atoms with E-state index in [1.165, 1.54) is 7.11 Å². The van der Waals surface area contributed by atoms with E-state index < -0.39 is 59.6 Å². The molecule has 14 nitrogen and oxygen atoms in total. The molecule has 3 aliphatic heterocycles. The van der Waals surface area contributed by atoms with E-state index in [1.807, 2.05) is 65.0 Å². The number of ether oxygens (including phenoxy) is 5. The average Bonchev–Trinajstić information content (AvgIpc) is 3.33. The molecule has 69 heavy (non-hydrogen) atoms. The SMILES string of the molecule is C=C1C(=O)C2(O)O[C@H](CC/C(C)=C/C=C/C=C/[C@@H](C)CC(C)C(=O)[C@H](OC)C(O)/C(C)=C/[C@@H](C)C(=O)C[C@@H]([C@@H](C)CC3CCCC(OC)C3)OC(=O)C3CCCCN13)CCC2C.COC.OCCO. The van der Waals surface area contributed by atoms with E-state index in [9.17, 15) is 29.4 Å². The zero-order valence-corrected chi connectivity index (χ0v) is 44.0. The molecule has 3 fully saturated rings. The number of methoxy groups -OCH3 is 3. The van der Waals surface area contributed by atoms with E-state index in [-0.39, 0.29) is 60.9 Å². The van der Waals surface area contributed by atoms with Crippen molar-refractivity contribution in [3.05, 3.63) is 59.9 Å². The number of aliphatic hydroxyl groups excluding tert-OH is 3. The van der Waals surface area contributed by atoms with Crippen LogP contribution < -0.4 is 0 Å². The van der Waals surface area contributed by atoms with Crippen molar-refractivity contribution in [3.8, 4) is 0 Å².